The molecule has 2 rings (SSSR count). The summed E-state index contributed by atoms with van der Waals surface area (Å²) in [5.41, 5.74) is 7.69. The van der Waals surface area contributed by atoms with Crippen molar-refractivity contribution in [2.24, 2.45) is 17.6 Å². The highest BCUT2D eigenvalue weighted by molar-refractivity contribution is 9.10. The molecule has 0 bridgehead atoms. The minimum atomic E-state index is 0.432. The highest BCUT2D eigenvalue weighted by Gasteiger charge is 2.19. The van der Waals surface area contributed by atoms with Crippen molar-refractivity contribution in [2.45, 2.75) is 39.0 Å². The number of nitrogens with two attached hydrogens (primary N) is 1. The van der Waals surface area contributed by atoms with E-state index in [-0.39, 0.29) is 0 Å². The van der Waals surface area contributed by atoms with Gasteiger partial charge in [0.2, 0.25) is 0 Å². The van der Waals surface area contributed by atoms with Crippen molar-refractivity contribution in [3.8, 4) is 0 Å². The van der Waals surface area contributed by atoms with Gasteiger partial charge < -0.3 is 11.1 Å². The van der Waals surface area contributed by atoms with E-state index in [9.17, 15) is 0 Å². The largest absolute Gasteiger partial charge is 0.389 e. The Bertz CT molecular complexity index is 468. The van der Waals surface area contributed by atoms with Gasteiger partial charge in [-0.05, 0) is 58.8 Å². The van der Waals surface area contributed by atoms with E-state index in [0.717, 1.165) is 34.1 Å². The smallest absolute Gasteiger partial charge is 0.105 e. The van der Waals surface area contributed by atoms with Gasteiger partial charge in [-0.15, -0.1) is 0 Å². The molecule has 0 spiro atoms. The third-order valence-corrected chi connectivity index (χ3v) is 5.25. The second-order valence-electron chi connectivity index (χ2n) is 5.73. The molecule has 1 saturated carbocycles. The molecule has 0 amide bonds. The first-order valence-corrected chi connectivity index (χ1v) is 8.63. The number of thiocarbonyl (C=S) groups is 1. The molecule has 0 unspecified atom stereocenters. The highest BCUT2D eigenvalue weighted by atomic mass is 79.9. The van der Waals surface area contributed by atoms with Crippen molar-refractivity contribution < 1.29 is 0 Å². The minimum Gasteiger partial charge on any atom is -0.389 e. The number of nitrogens with one attached hydrogen (secondary N) is 1. The number of hydrogen-bond acceptors (Lipinski definition) is 2. The van der Waals surface area contributed by atoms with E-state index in [1.165, 1.54) is 32.1 Å². The molecule has 20 heavy (non-hydrogen) atoms. The summed E-state index contributed by atoms with van der Waals surface area (Å²) in [6.07, 6.45) is 6.85. The molecular weight excluding hydrogens is 332 g/mol. The van der Waals surface area contributed by atoms with Crippen molar-refractivity contribution in [2.75, 3.05) is 11.9 Å². The van der Waals surface area contributed by atoms with Crippen molar-refractivity contribution >= 4 is 38.8 Å². The van der Waals surface area contributed by atoms with Crippen LogP contribution >= 0.6 is 28.1 Å². The van der Waals surface area contributed by atoms with E-state index >= 15 is 0 Å². The lowest BCUT2D eigenvalue weighted by Gasteiger charge is -2.28. The zero-order valence-corrected chi connectivity index (χ0v) is 14.4. The maximum atomic E-state index is 5.66. The van der Waals surface area contributed by atoms with Crippen LogP contribution in [0.2, 0.25) is 0 Å². The van der Waals surface area contributed by atoms with Gasteiger partial charge in [0.15, 0.2) is 0 Å². The molecule has 3 N–H and O–H groups in total. The lowest BCUT2D eigenvalue weighted by atomic mass is 9.81. The first-order valence-electron chi connectivity index (χ1n) is 7.43. The third kappa shape index (κ3) is 4.19. The van der Waals surface area contributed by atoms with Gasteiger partial charge in [-0.1, -0.05) is 38.4 Å². The van der Waals surface area contributed by atoms with Crippen LogP contribution in [0, 0.1) is 11.8 Å². The lowest BCUT2D eigenvalue weighted by molar-refractivity contribution is 0.278. The molecule has 1 fully saturated rings. The Kier molecular flexibility index (Phi) is 5.85. The summed E-state index contributed by atoms with van der Waals surface area (Å²) in [7, 11) is 0. The zero-order valence-electron chi connectivity index (χ0n) is 12.0. The molecule has 0 heterocycles. The Morgan fingerprint density at radius 3 is 2.50 bits per heavy atom. The average molecular weight is 355 g/mol. The molecule has 110 valence electrons. The quantitative estimate of drug-likeness (QED) is 0.751. The fourth-order valence-corrected chi connectivity index (χ4v) is 3.83. The van der Waals surface area contributed by atoms with Crippen LogP contribution in [0.3, 0.4) is 0 Å². The van der Waals surface area contributed by atoms with Gasteiger partial charge in [0.1, 0.15) is 4.99 Å². The molecule has 1 aromatic rings. The third-order valence-electron chi connectivity index (χ3n) is 4.37. The van der Waals surface area contributed by atoms with Crippen molar-refractivity contribution in [1.82, 2.24) is 0 Å². The summed E-state index contributed by atoms with van der Waals surface area (Å²) < 4.78 is 0.963. The van der Waals surface area contributed by atoms with Crippen molar-refractivity contribution in [3.05, 3.63) is 28.2 Å². The summed E-state index contributed by atoms with van der Waals surface area (Å²) in [6.45, 7) is 3.37. The maximum Gasteiger partial charge on any atom is 0.105 e. The fraction of sp³-hybridized carbons (Fsp3) is 0.562. The van der Waals surface area contributed by atoms with Gasteiger partial charge in [-0.25, -0.2) is 0 Å². The van der Waals surface area contributed by atoms with Crippen LogP contribution in [-0.4, -0.2) is 11.5 Å². The Balaban J connectivity index is 1.85. The van der Waals surface area contributed by atoms with Crippen LogP contribution in [0.25, 0.3) is 0 Å². The topological polar surface area (TPSA) is 38.0 Å². The number of rotatable bonds is 5. The minimum absolute atomic E-state index is 0.432. The zero-order chi connectivity index (χ0) is 14.5. The molecule has 1 aliphatic rings. The Hall–Kier alpha value is -0.610. The fourth-order valence-electron chi connectivity index (χ4n) is 2.93. The standard InChI is InChI=1S/C16H23BrN2S/c1-2-11-3-5-12(6-4-11)10-19-13-7-8-14(16(18)20)15(17)9-13/h7-9,11-12,19H,2-6,10H2,1H3,(H2,18,20). The van der Waals surface area contributed by atoms with E-state index in [2.05, 4.69) is 40.3 Å². The van der Waals surface area contributed by atoms with Crippen LogP contribution < -0.4 is 11.1 Å². The molecule has 1 aliphatic carbocycles. The van der Waals surface area contributed by atoms with Gasteiger partial charge in [0.05, 0.1) is 0 Å². The van der Waals surface area contributed by atoms with E-state index in [4.69, 9.17) is 18.0 Å². The number of hydrogen-bond donors (Lipinski definition) is 2. The van der Waals surface area contributed by atoms with E-state index < -0.39 is 0 Å². The number of halogens is 1. The second-order valence-corrected chi connectivity index (χ2v) is 7.03. The van der Waals surface area contributed by atoms with Gasteiger partial charge in [0.25, 0.3) is 0 Å². The molecule has 0 radical (unpaired) electrons. The number of anilines is 1. The summed E-state index contributed by atoms with van der Waals surface area (Å²) in [6, 6.07) is 6.09. The van der Waals surface area contributed by atoms with E-state index in [1.807, 2.05) is 6.07 Å². The molecule has 1 aromatic carbocycles. The first kappa shape index (κ1) is 15.8. The highest BCUT2D eigenvalue weighted by Crippen LogP contribution is 2.31. The molecule has 0 atom stereocenters. The Morgan fingerprint density at radius 1 is 1.30 bits per heavy atom. The van der Waals surface area contributed by atoms with E-state index in [1.54, 1.807) is 0 Å². The summed E-state index contributed by atoms with van der Waals surface area (Å²) in [5, 5.41) is 3.54. The first-order chi connectivity index (χ1) is 9.60. The van der Waals surface area contributed by atoms with Crippen molar-refractivity contribution in [1.29, 1.82) is 0 Å². The Labute approximate surface area is 135 Å². The molecular formula is C16H23BrN2S. The lowest BCUT2D eigenvalue weighted by Crippen LogP contribution is -2.21. The summed E-state index contributed by atoms with van der Waals surface area (Å²) >= 11 is 8.53. The van der Waals surface area contributed by atoms with Gasteiger partial charge in [0, 0.05) is 22.3 Å². The number of benzene rings is 1. The monoisotopic (exact) mass is 354 g/mol. The Morgan fingerprint density at radius 2 is 1.95 bits per heavy atom. The summed E-state index contributed by atoms with van der Waals surface area (Å²) in [5.74, 6) is 1.78. The molecule has 2 nitrogen and oxygen atoms in total. The molecule has 0 aliphatic heterocycles. The van der Waals surface area contributed by atoms with Gasteiger partial charge in [-0.3, -0.25) is 0 Å². The molecule has 4 heteroatoms. The van der Waals surface area contributed by atoms with Crippen molar-refractivity contribution in [3.63, 3.8) is 0 Å². The predicted octanol–water partition coefficient (Wildman–Crippen LogP) is 4.71. The average Bonchev–Trinajstić information content (AvgIpc) is 2.45. The SMILES string of the molecule is CCC1CCC(CNc2ccc(C(N)=S)c(Br)c2)CC1. The normalized spacial score (nSPS) is 22.5. The molecule has 0 aromatic heterocycles. The van der Waals surface area contributed by atoms with Crippen LogP contribution in [0.15, 0.2) is 22.7 Å². The molecule has 0 saturated heterocycles. The van der Waals surface area contributed by atoms with Crippen LogP contribution in [0.4, 0.5) is 5.69 Å². The maximum absolute atomic E-state index is 5.66. The van der Waals surface area contributed by atoms with Crippen LogP contribution in [0.1, 0.15) is 44.6 Å². The second kappa shape index (κ2) is 7.41. The van der Waals surface area contributed by atoms with Gasteiger partial charge in [-0.2, -0.15) is 0 Å². The predicted molar refractivity (Wildman–Crippen MR) is 94.3 cm³/mol. The summed E-state index contributed by atoms with van der Waals surface area (Å²) in [4.78, 5) is 0.432. The van der Waals surface area contributed by atoms with E-state index in [0.29, 0.717) is 4.99 Å². The van der Waals surface area contributed by atoms with Crippen LogP contribution in [0.5, 0.6) is 0 Å². The van der Waals surface area contributed by atoms with Crippen LogP contribution in [-0.2, 0) is 0 Å². The van der Waals surface area contributed by atoms with Gasteiger partial charge >= 0.3 is 0 Å².